The first-order valence-electron chi connectivity index (χ1n) is 8.78. The van der Waals surface area contributed by atoms with Crippen molar-refractivity contribution in [3.63, 3.8) is 0 Å². The fourth-order valence-corrected chi connectivity index (χ4v) is 4.02. The van der Waals surface area contributed by atoms with Gasteiger partial charge in [0.15, 0.2) is 0 Å². The number of alkyl halides is 1. The zero-order valence-corrected chi connectivity index (χ0v) is 15.5. The Morgan fingerprint density at radius 3 is 2.81 bits per heavy atom. The van der Waals surface area contributed by atoms with E-state index >= 15 is 0 Å². The normalized spacial score (nSPS) is 19.3. The van der Waals surface area contributed by atoms with Crippen LogP contribution in [-0.2, 0) is 22.0 Å². The number of carbonyl (C=O) groups excluding carboxylic acids is 3. The molecule has 1 fully saturated rings. The number of hydrogen-bond acceptors (Lipinski definition) is 4. The quantitative estimate of drug-likeness (QED) is 0.652. The molecule has 0 bridgehead atoms. The van der Waals surface area contributed by atoms with Crippen molar-refractivity contribution in [2.45, 2.75) is 38.2 Å². The van der Waals surface area contributed by atoms with Gasteiger partial charge < -0.3 is 4.90 Å². The molecular formula is C20H18ClN3O3. The molecule has 2 aromatic rings. The Balaban J connectivity index is 1.65. The molecule has 27 heavy (non-hydrogen) atoms. The molecule has 2 aliphatic rings. The minimum atomic E-state index is -0.606. The van der Waals surface area contributed by atoms with Crippen LogP contribution in [0.15, 0.2) is 30.5 Å². The molecule has 3 amide bonds. The molecule has 1 unspecified atom stereocenters. The fraction of sp³-hybridized carbons (Fsp3) is 0.300. The molecule has 1 aromatic carbocycles. The van der Waals surface area contributed by atoms with E-state index in [0.717, 1.165) is 27.9 Å². The summed E-state index contributed by atoms with van der Waals surface area (Å²) in [4.78, 5) is 42.3. The number of pyridine rings is 1. The number of carbonyl (C=O) groups is 3. The van der Waals surface area contributed by atoms with Crippen LogP contribution in [0.5, 0.6) is 0 Å². The average molecular weight is 384 g/mol. The molecule has 1 atom stereocenters. The maximum absolute atomic E-state index is 12.8. The molecule has 1 N–H and O–H groups in total. The SMILES string of the molecule is Cc1c(CCl)ccnc1-c1ccc2c(c1)CN(C1CCC(=O)NC1=O)C2=O. The van der Waals surface area contributed by atoms with Gasteiger partial charge in [-0.25, -0.2) is 0 Å². The molecule has 2 aliphatic heterocycles. The third-order valence-corrected chi connectivity index (χ3v) is 5.55. The Hall–Kier alpha value is -2.73. The molecule has 138 valence electrons. The van der Waals surface area contributed by atoms with Crippen molar-refractivity contribution < 1.29 is 14.4 Å². The Morgan fingerprint density at radius 1 is 1.26 bits per heavy atom. The Kier molecular flexibility index (Phi) is 4.44. The third-order valence-electron chi connectivity index (χ3n) is 5.26. The summed E-state index contributed by atoms with van der Waals surface area (Å²) < 4.78 is 0. The van der Waals surface area contributed by atoms with Crippen molar-refractivity contribution in [3.05, 3.63) is 52.7 Å². The Morgan fingerprint density at radius 2 is 2.07 bits per heavy atom. The molecule has 1 aromatic heterocycles. The smallest absolute Gasteiger partial charge is 0.255 e. The lowest BCUT2D eigenvalue weighted by Gasteiger charge is -2.29. The highest BCUT2D eigenvalue weighted by Crippen LogP contribution is 2.32. The number of hydrogen-bond donors (Lipinski definition) is 1. The fourth-order valence-electron chi connectivity index (χ4n) is 3.73. The first-order valence-corrected chi connectivity index (χ1v) is 9.31. The zero-order chi connectivity index (χ0) is 19.1. The lowest BCUT2D eigenvalue weighted by Crippen LogP contribution is -2.52. The number of nitrogens with zero attached hydrogens (tertiary/aromatic N) is 2. The summed E-state index contributed by atoms with van der Waals surface area (Å²) >= 11 is 5.99. The van der Waals surface area contributed by atoms with Crippen molar-refractivity contribution in [3.8, 4) is 11.3 Å². The van der Waals surface area contributed by atoms with Gasteiger partial charge >= 0.3 is 0 Å². The van der Waals surface area contributed by atoms with Crippen molar-refractivity contribution in [2.75, 3.05) is 0 Å². The van der Waals surface area contributed by atoms with Crippen molar-refractivity contribution in [2.24, 2.45) is 0 Å². The molecule has 4 rings (SSSR count). The van der Waals surface area contributed by atoms with Crippen molar-refractivity contribution in [1.82, 2.24) is 15.2 Å². The second kappa shape index (κ2) is 6.78. The largest absolute Gasteiger partial charge is 0.322 e. The number of fused-ring (bicyclic) bond motifs is 1. The topological polar surface area (TPSA) is 79.4 Å². The highest BCUT2D eigenvalue weighted by atomic mass is 35.5. The molecule has 6 nitrogen and oxygen atoms in total. The van der Waals surface area contributed by atoms with E-state index in [-0.39, 0.29) is 18.2 Å². The first kappa shape index (κ1) is 17.7. The van der Waals surface area contributed by atoms with E-state index in [1.54, 1.807) is 17.2 Å². The minimum absolute atomic E-state index is 0.176. The maximum atomic E-state index is 12.8. The first-order chi connectivity index (χ1) is 13.0. The molecule has 1 saturated heterocycles. The van der Waals surface area contributed by atoms with Crippen molar-refractivity contribution >= 4 is 29.3 Å². The number of benzene rings is 1. The van der Waals surface area contributed by atoms with Gasteiger partial charge in [-0.15, -0.1) is 11.6 Å². The molecule has 3 heterocycles. The van der Waals surface area contributed by atoms with Crippen LogP contribution in [0.4, 0.5) is 0 Å². The molecule has 0 saturated carbocycles. The van der Waals surface area contributed by atoms with Crippen LogP contribution >= 0.6 is 11.6 Å². The van der Waals surface area contributed by atoms with Gasteiger partial charge in [0.25, 0.3) is 5.91 Å². The van der Waals surface area contributed by atoms with Crippen LogP contribution in [0, 0.1) is 6.92 Å². The van der Waals surface area contributed by atoms with Crippen LogP contribution in [0.2, 0.25) is 0 Å². The van der Waals surface area contributed by atoms with E-state index in [2.05, 4.69) is 10.3 Å². The number of halogens is 1. The van der Waals surface area contributed by atoms with Gasteiger partial charge in [0.2, 0.25) is 11.8 Å². The van der Waals surface area contributed by atoms with Crippen LogP contribution in [0.25, 0.3) is 11.3 Å². The monoisotopic (exact) mass is 383 g/mol. The summed E-state index contributed by atoms with van der Waals surface area (Å²) in [6, 6.07) is 6.90. The predicted molar refractivity (Wildman–Crippen MR) is 100 cm³/mol. The summed E-state index contributed by atoms with van der Waals surface area (Å²) in [7, 11) is 0. The summed E-state index contributed by atoms with van der Waals surface area (Å²) in [5, 5.41) is 2.32. The van der Waals surface area contributed by atoms with Gasteiger partial charge in [-0.2, -0.15) is 0 Å². The van der Waals surface area contributed by atoms with Crippen LogP contribution in [0.1, 0.15) is 39.9 Å². The van der Waals surface area contributed by atoms with Crippen molar-refractivity contribution in [1.29, 1.82) is 0 Å². The summed E-state index contributed by atoms with van der Waals surface area (Å²) in [6.45, 7) is 2.33. The van der Waals surface area contributed by atoms with Gasteiger partial charge in [0.1, 0.15) is 6.04 Å². The highest BCUT2D eigenvalue weighted by Gasteiger charge is 2.39. The predicted octanol–water partition coefficient (Wildman–Crippen LogP) is 2.56. The zero-order valence-electron chi connectivity index (χ0n) is 14.8. The van der Waals surface area contributed by atoms with Gasteiger partial charge in [0, 0.05) is 36.2 Å². The second-order valence-electron chi connectivity index (χ2n) is 6.85. The molecular weight excluding hydrogens is 366 g/mol. The molecule has 0 radical (unpaired) electrons. The van der Waals surface area contributed by atoms with E-state index in [1.807, 2.05) is 25.1 Å². The lowest BCUT2D eigenvalue weighted by atomic mass is 9.99. The average Bonchev–Trinajstić information content (AvgIpc) is 2.98. The van der Waals surface area contributed by atoms with E-state index in [1.165, 1.54) is 0 Å². The maximum Gasteiger partial charge on any atom is 0.255 e. The number of imide groups is 1. The minimum Gasteiger partial charge on any atom is -0.322 e. The van der Waals surface area contributed by atoms with Gasteiger partial charge in [-0.3, -0.25) is 24.7 Å². The summed E-state index contributed by atoms with van der Waals surface area (Å²) in [5.41, 5.74) is 5.23. The standard InChI is InChI=1S/C20H18ClN3O3/c1-11-13(9-21)6-7-22-18(11)12-2-3-15-14(8-12)10-24(20(15)27)16-4-5-17(25)23-19(16)26/h2-3,6-8,16H,4-5,9-10H2,1H3,(H,23,25,26). The lowest BCUT2D eigenvalue weighted by molar-refractivity contribution is -0.136. The Bertz CT molecular complexity index is 973. The third kappa shape index (κ3) is 3.00. The van der Waals surface area contributed by atoms with Crippen LogP contribution in [-0.4, -0.2) is 33.6 Å². The summed E-state index contributed by atoms with van der Waals surface area (Å²) in [5.74, 6) is -0.456. The van der Waals surface area contributed by atoms with Gasteiger partial charge in [-0.05, 0) is 48.2 Å². The number of rotatable bonds is 3. The highest BCUT2D eigenvalue weighted by molar-refractivity contribution is 6.17. The van der Waals surface area contributed by atoms with E-state index in [0.29, 0.717) is 24.4 Å². The van der Waals surface area contributed by atoms with E-state index in [9.17, 15) is 14.4 Å². The second-order valence-corrected chi connectivity index (χ2v) is 7.12. The Labute approximate surface area is 161 Å². The number of amides is 3. The van der Waals surface area contributed by atoms with Gasteiger partial charge in [0.05, 0.1) is 5.69 Å². The van der Waals surface area contributed by atoms with Crippen LogP contribution < -0.4 is 5.32 Å². The number of aromatic nitrogens is 1. The van der Waals surface area contributed by atoms with E-state index in [4.69, 9.17) is 11.6 Å². The molecule has 0 aliphatic carbocycles. The van der Waals surface area contributed by atoms with Crippen LogP contribution in [0.3, 0.4) is 0 Å². The number of nitrogens with one attached hydrogen (secondary N) is 1. The summed E-state index contributed by atoms with van der Waals surface area (Å²) in [6.07, 6.45) is 2.33. The number of piperidine rings is 1. The van der Waals surface area contributed by atoms with E-state index < -0.39 is 11.9 Å². The molecule has 7 heteroatoms. The molecule has 0 spiro atoms. The van der Waals surface area contributed by atoms with Gasteiger partial charge in [-0.1, -0.05) is 6.07 Å².